The van der Waals surface area contributed by atoms with Crippen molar-refractivity contribution >= 4 is 65.4 Å². The summed E-state index contributed by atoms with van der Waals surface area (Å²) in [6.07, 6.45) is 0. The molecule has 0 aliphatic carbocycles. The minimum atomic E-state index is 0.586. The van der Waals surface area contributed by atoms with Gasteiger partial charge in [-0.1, -0.05) is 212 Å². The van der Waals surface area contributed by atoms with E-state index < -0.39 is 0 Å². The van der Waals surface area contributed by atoms with E-state index in [1.807, 2.05) is 84.9 Å². The molecule has 0 unspecified atom stereocenters. The first-order valence-corrected chi connectivity index (χ1v) is 27.3. The lowest BCUT2D eigenvalue weighted by atomic mass is 9.97. The van der Waals surface area contributed by atoms with Crippen LogP contribution in [0.5, 0.6) is 0 Å². The third kappa shape index (κ3) is 8.33. The Hall–Kier alpha value is -11.2. The molecular formula is C74H44N6O2. The fourth-order valence-electron chi connectivity index (χ4n) is 11.4. The Morgan fingerprint density at radius 1 is 0.183 bits per heavy atom. The van der Waals surface area contributed by atoms with Gasteiger partial charge in [0, 0.05) is 65.7 Å². The van der Waals surface area contributed by atoms with Gasteiger partial charge in [0.25, 0.3) is 0 Å². The highest BCUT2D eigenvalue weighted by molar-refractivity contribution is 6.17. The molecule has 82 heavy (non-hydrogen) atoms. The molecule has 0 bridgehead atoms. The zero-order chi connectivity index (χ0) is 54.1. The molecule has 0 N–H and O–H groups in total. The van der Waals surface area contributed by atoms with E-state index in [-0.39, 0.29) is 0 Å². The number of furan rings is 2. The molecular weight excluding hydrogens is 1000 g/mol. The summed E-state index contributed by atoms with van der Waals surface area (Å²) >= 11 is 0. The van der Waals surface area contributed by atoms with Gasteiger partial charge >= 0.3 is 0 Å². The zero-order valence-corrected chi connectivity index (χ0v) is 43.9. The molecule has 16 aromatic rings. The molecule has 0 spiro atoms. The lowest BCUT2D eigenvalue weighted by Crippen LogP contribution is -2.00. The van der Waals surface area contributed by atoms with E-state index in [9.17, 15) is 0 Å². The molecule has 0 aliphatic rings. The summed E-state index contributed by atoms with van der Waals surface area (Å²) in [4.78, 5) is 30.4. The SMILES string of the molecule is c1ccc(-c2ccc(-c3nc(-c4ccccc4)nc(-c4ccc5ccc6c7ccc(-c8cccc(-c9ccc(-c%10nc(-c%11ccccc%11)nc(-c%11ccc%12c(ccc%13c%14ccccc%14oc%12%13)c%11)n%10)cc9)c8)cc7oc6c5c4)n3)cc2)cc1. The summed E-state index contributed by atoms with van der Waals surface area (Å²) in [6.45, 7) is 0. The lowest BCUT2D eigenvalue weighted by molar-refractivity contribution is 0.672. The Morgan fingerprint density at radius 2 is 0.537 bits per heavy atom. The van der Waals surface area contributed by atoms with Crippen molar-refractivity contribution in [1.82, 2.24) is 29.9 Å². The van der Waals surface area contributed by atoms with Crippen LogP contribution in [0.4, 0.5) is 0 Å². The van der Waals surface area contributed by atoms with Gasteiger partial charge in [0.15, 0.2) is 34.9 Å². The van der Waals surface area contributed by atoms with Gasteiger partial charge in [-0.25, -0.2) is 29.9 Å². The number of rotatable bonds is 9. The molecule has 4 heterocycles. The molecule has 4 aromatic heterocycles. The zero-order valence-electron chi connectivity index (χ0n) is 43.9. The molecule has 0 aliphatic heterocycles. The normalized spacial score (nSPS) is 11.7. The average Bonchev–Trinajstić information content (AvgIpc) is 4.09. The predicted octanol–water partition coefficient (Wildman–Crippen LogP) is 19.2. The second kappa shape index (κ2) is 19.3. The Kier molecular flexibility index (Phi) is 11.0. The van der Waals surface area contributed by atoms with Gasteiger partial charge < -0.3 is 8.83 Å². The topological polar surface area (TPSA) is 104 Å². The third-order valence-electron chi connectivity index (χ3n) is 15.6. The van der Waals surface area contributed by atoms with Crippen molar-refractivity contribution in [3.05, 3.63) is 267 Å². The van der Waals surface area contributed by atoms with E-state index in [0.717, 1.165) is 132 Å². The molecule has 0 saturated carbocycles. The Labute approximate surface area is 470 Å². The highest BCUT2D eigenvalue weighted by Gasteiger charge is 2.19. The summed E-state index contributed by atoms with van der Waals surface area (Å²) in [5.41, 5.74) is 15.4. The number of aromatic nitrogens is 6. The van der Waals surface area contributed by atoms with Gasteiger partial charge in [-0.3, -0.25) is 0 Å². The fraction of sp³-hybridized carbons (Fsp3) is 0. The maximum absolute atomic E-state index is 6.87. The molecule has 0 fully saturated rings. The highest BCUT2D eigenvalue weighted by Crippen LogP contribution is 2.40. The van der Waals surface area contributed by atoms with Gasteiger partial charge in [0.1, 0.15) is 22.3 Å². The van der Waals surface area contributed by atoms with Crippen LogP contribution < -0.4 is 0 Å². The molecule has 8 heteroatoms. The van der Waals surface area contributed by atoms with Crippen molar-refractivity contribution in [2.24, 2.45) is 0 Å². The number of benzene rings is 12. The van der Waals surface area contributed by atoms with Crippen molar-refractivity contribution in [1.29, 1.82) is 0 Å². The van der Waals surface area contributed by atoms with Crippen LogP contribution in [0.15, 0.2) is 276 Å². The van der Waals surface area contributed by atoms with Gasteiger partial charge in [0.05, 0.1) is 0 Å². The van der Waals surface area contributed by atoms with E-state index >= 15 is 0 Å². The maximum atomic E-state index is 6.87. The standard InChI is InChI=1S/C74H44N6O2/c1-4-13-45(14-5-1)46-23-28-51(29-24-46)72-76-70(50-17-8-3-9-18-50)78-74(80-72)58-32-27-48-33-39-63-61-38-34-55(44-66(61)82-68(63)64(48)43-58)54-20-12-19-53(41-54)47-25-30-52(31-26-47)71-75-69(49-15-6-2-7-16-49)77-73(79-71)57-36-37-59-56(42-57)35-40-62-60-21-10-11-22-65(60)81-67(59)62/h1-44H. The second-order valence-electron chi connectivity index (χ2n) is 20.6. The van der Waals surface area contributed by atoms with Gasteiger partial charge in [-0.2, -0.15) is 0 Å². The number of fused-ring (bicyclic) bond motifs is 10. The summed E-state index contributed by atoms with van der Waals surface area (Å²) in [5.74, 6) is 3.60. The lowest BCUT2D eigenvalue weighted by Gasteiger charge is -2.10. The van der Waals surface area contributed by atoms with Crippen LogP contribution >= 0.6 is 0 Å². The third-order valence-corrected chi connectivity index (χ3v) is 15.6. The molecule has 0 saturated heterocycles. The maximum Gasteiger partial charge on any atom is 0.164 e. The van der Waals surface area contributed by atoms with Crippen LogP contribution in [-0.4, -0.2) is 29.9 Å². The average molecular weight is 1050 g/mol. The number of nitrogens with zero attached hydrogens (tertiary/aromatic N) is 6. The minimum absolute atomic E-state index is 0.586. The number of hydrogen-bond acceptors (Lipinski definition) is 8. The monoisotopic (exact) mass is 1050 g/mol. The van der Waals surface area contributed by atoms with Crippen molar-refractivity contribution in [2.45, 2.75) is 0 Å². The van der Waals surface area contributed by atoms with Crippen LogP contribution in [0.3, 0.4) is 0 Å². The first-order chi connectivity index (χ1) is 40.6. The molecule has 16 rings (SSSR count). The predicted molar refractivity (Wildman–Crippen MR) is 332 cm³/mol. The minimum Gasteiger partial charge on any atom is -0.455 e. The van der Waals surface area contributed by atoms with Crippen LogP contribution in [0.1, 0.15) is 0 Å². The van der Waals surface area contributed by atoms with Gasteiger partial charge in [-0.15, -0.1) is 0 Å². The smallest absolute Gasteiger partial charge is 0.164 e. The van der Waals surface area contributed by atoms with Crippen molar-refractivity contribution in [3.8, 4) is 102 Å². The molecule has 12 aromatic carbocycles. The van der Waals surface area contributed by atoms with Gasteiger partial charge in [-0.05, 0) is 98.8 Å². The summed E-state index contributed by atoms with van der Waals surface area (Å²) in [7, 11) is 0. The Balaban J connectivity index is 0.712. The summed E-state index contributed by atoms with van der Waals surface area (Å²) in [5, 5.41) is 8.44. The van der Waals surface area contributed by atoms with Crippen LogP contribution in [0.25, 0.3) is 167 Å². The van der Waals surface area contributed by atoms with E-state index in [2.05, 4.69) is 182 Å². The van der Waals surface area contributed by atoms with Crippen LogP contribution in [0, 0.1) is 0 Å². The summed E-state index contributed by atoms with van der Waals surface area (Å²) in [6, 6.07) is 92.0. The molecule has 0 atom stereocenters. The Bertz CT molecular complexity index is 5140. The number of hydrogen-bond donors (Lipinski definition) is 0. The van der Waals surface area contributed by atoms with E-state index in [1.54, 1.807) is 0 Å². The highest BCUT2D eigenvalue weighted by atomic mass is 16.3. The van der Waals surface area contributed by atoms with Crippen LogP contribution in [0.2, 0.25) is 0 Å². The summed E-state index contributed by atoms with van der Waals surface area (Å²) < 4.78 is 13.2. The first kappa shape index (κ1) is 46.8. The van der Waals surface area contributed by atoms with E-state index in [4.69, 9.17) is 38.7 Å². The molecule has 0 amide bonds. The van der Waals surface area contributed by atoms with Crippen molar-refractivity contribution in [3.63, 3.8) is 0 Å². The molecule has 382 valence electrons. The number of para-hydroxylation sites is 1. The van der Waals surface area contributed by atoms with Crippen molar-refractivity contribution in [2.75, 3.05) is 0 Å². The quantitative estimate of drug-likeness (QED) is 0.141. The second-order valence-corrected chi connectivity index (χ2v) is 20.6. The largest absolute Gasteiger partial charge is 0.455 e. The van der Waals surface area contributed by atoms with E-state index in [0.29, 0.717) is 34.9 Å². The Morgan fingerprint density at radius 3 is 1.16 bits per heavy atom. The fourth-order valence-corrected chi connectivity index (χ4v) is 11.4. The van der Waals surface area contributed by atoms with Crippen molar-refractivity contribution < 1.29 is 8.83 Å². The molecule has 8 nitrogen and oxygen atoms in total. The molecule has 0 radical (unpaired) electrons. The van der Waals surface area contributed by atoms with Crippen LogP contribution in [-0.2, 0) is 0 Å². The van der Waals surface area contributed by atoms with Gasteiger partial charge in [0.2, 0.25) is 0 Å². The van der Waals surface area contributed by atoms with E-state index in [1.165, 1.54) is 0 Å². The first-order valence-electron chi connectivity index (χ1n) is 27.3.